The monoisotopic (exact) mass is 472 g/mol. The summed E-state index contributed by atoms with van der Waals surface area (Å²) in [5.74, 6) is -0.889. The van der Waals surface area contributed by atoms with Crippen molar-refractivity contribution in [1.29, 1.82) is 0 Å². The van der Waals surface area contributed by atoms with E-state index in [0.29, 0.717) is 24.2 Å². The van der Waals surface area contributed by atoms with Crippen LogP contribution < -0.4 is 11.1 Å². The summed E-state index contributed by atoms with van der Waals surface area (Å²) in [6.07, 6.45) is 5.66. The highest BCUT2D eigenvalue weighted by Crippen LogP contribution is 2.65. The van der Waals surface area contributed by atoms with Crippen LogP contribution >= 0.6 is 0 Å². The van der Waals surface area contributed by atoms with Gasteiger partial charge in [-0.25, -0.2) is 4.98 Å². The number of nitrogens with two attached hydrogens (primary N) is 1. The summed E-state index contributed by atoms with van der Waals surface area (Å²) in [7, 11) is 0.950. The summed E-state index contributed by atoms with van der Waals surface area (Å²) in [5, 5.41) is 3.13. The van der Waals surface area contributed by atoms with Gasteiger partial charge in [-0.05, 0) is 49.4 Å². The summed E-state index contributed by atoms with van der Waals surface area (Å²) < 4.78 is 18.4. The van der Waals surface area contributed by atoms with Crippen LogP contribution in [-0.2, 0) is 18.8 Å². The smallest absolute Gasteiger partial charge is 0.404 e. The van der Waals surface area contributed by atoms with Gasteiger partial charge in [-0.1, -0.05) is 27.7 Å². The highest BCUT2D eigenvalue weighted by atomic mass is 16.7. The van der Waals surface area contributed by atoms with E-state index in [4.69, 9.17) is 19.8 Å². The van der Waals surface area contributed by atoms with E-state index in [9.17, 15) is 9.59 Å². The van der Waals surface area contributed by atoms with Crippen LogP contribution in [0.1, 0.15) is 76.0 Å². The summed E-state index contributed by atoms with van der Waals surface area (Å²) in [6.45, 7) is 11.0. The topological polar surface area (TPSA) is 126 Å². The van der Waals surface area contributed by atoms with Crippen molar-refractivity contribution in [3.8, 4) is 0 Å². The van der Waals surface area contributed by atoms with Crippen molar-refractivity contribution in [2.75, 3.05) is 13.7 Å². The SMILES string of the molecule is COC[C@H](C(=O)N[C@@H](CC(C)C)B1O[C@@H]2C[C@@H]3C[C@@H](C3(C)C)[C@]2(C)O1)c1nccnc1C(N)=O. The lowest BCUT2D eigenvalue weighted by Gasteiger charge is -2.64. The molecule has 0 unspecified atom stereocenters. The van der Waals surface area contributed by atoms with Crippen LogP contribution in [0, 0.1) is 23.2 Å². The van der Waals surface area contributed by atoms with Crippen LogP contribution in [0.4, 0.5) is 0 Å². The van der Waals surface area contributed by atoms with E-state index in [-0.39, 0.29) is 47.0 Å². The van der Waals surface area contributed by atoms with Gasteiger partial charge < -0.3 is 25.1 Å². The third-order valence-corrected chi connectivity index (χ3v) is 8.29. The van der Waals surface area contributed by atoms with Gasteiger partial charge in [0, 0.05) is 19.5 Å². The molecule has 0 radical (unpaired) electrons. The zero-order valence-electron chi connectivity index (χ0n) is 21.0. The Kier molecular flexibility index (Phi) is 6.79. The first-order valence-electron chi connectivity index (χ1n) is 12.2. The third kappa shape index (κ3) is 4.24. The average Bonchev–Trinajstić information content (AvgIpc) is 3.13. The Bertz CT molecular complexity index is 944. The summed E-state index contributed by atoms with van der Waals surface area (Å²) in [5.41, 5.74) is 5.53. The zero-order valence-corrected chi connectivity index (χ0v) is 21.0. The Balaban J connectivity index is 1.56. The minimum Gasteiger partial charge on any atom is -0.404 e. The number of nitrogens with one attached hydrogen (secondary N) is 1. The first-order chi connectivity index (χ1) is 16.0. The number of methoxy groups -OCH3 is 1. The molecule has 1 aromatic heterocycles. The maximum atomic E-state index is 13.5. The molecule has 2 heterocycles. The zero-order chi connectivity index (χ0) is 24.8. The molecule has 1 saturated heterocycles. The molecule has 3 saturated carbocycles. The van der Waals surface area contributed by atoms with Gasteiger partial charge >= 0.3 is 7.12 Å². The lowest BCUT2D eigenvalue weighted by atomic mass is 9.43. The fourth-order valence-corrected chi connectivity index (χ4v) is 6.34. The summed E-state index contributed by atoms with van der Waals surface area (Å²) in [4.78, 5) is 33.7. The van der Waals surface area contributed by atoms with Crippen LogP contribution in [0.5, 0.6) is 0 Å². The van der Waals surface area contributed by atoms with Crippen LogP contribution in [0.3, 0.4) is 0 Å². The van der Waals surface area contributed by atoms with Crippen molar-refractivity contribution in [2.24, 2.45) is 28.9 Å². The van der Waals surface area contributed by atoms with Crippen LogP contribution in [0.2, 0.25) is 0 Å². The normalized spacial score (nSPS) is 30.9. The van der Waals surface area contributed by atoms with Gasteiger partial charge in [-0.15, -0.1) is 0 Å². The lowest BCUT2D eigenvalue weighted by molar-refractivity contribution is -0.199. The maximum Gasteiger partial charge on any atom is 0.481 e. The molecule has 2 amide bonds. The fraction of sp³-hybridized carbons (Fsp3) is 0.750. The number of hydrogen-bond donors (Lipinski definition) is 2. The fourth-order valence-electron chi connectivity index (χ4n) is 6.34. The van der Waals surface area contributed by atoms with Crippen molar-refractivity contribution < 1.29 is 23.6 Å². The molecule has 3 aliphatic carbocycles. The second kappa shape index (κ2) is 9.20. The molecule has 0 aromatic carbocycles. The molecule has 186 valence electrons. The average molecular weight is 472 g/mol. The van der Waals surface area contributed by atoms with Crippen molar-refractivity contribution >= 4 is 18.9 Å². The van der Waals surface area contributed by atoms with Gasteiger partial charge in [-0.2, -0.15) is 0 Å². The molecular weight excluding hydrogens is 435 g/mol. The quantitative estimate of drug-likeness (QED) is 0.527. The van der Waals surface area contributed by atoms with Crippen molar-refractivity contribution in [3.63, 3.8) is 0 Å². The molecule has 34 heavy (non-hydrogen) atoms. The van der Waals surface area contributed by atoms with E-state index in [1.165, 1.54) is 19.5 Å². The Morgan fingerprint density at radius 2 is 1.97 bits per heavy atom. The number of carbonyl (C=O) groups excluding carboxylic acids is 2. The van der Waals surface area contributed by atoms with Crippen LogP contribution in [-0.4, -0.2) is 60.3 Å². The summed E-state index contributed by atoms with van der Waals surface area (Å²) >= 11 is 0. The molecule has 1 aliphatic heterocycles. The highest BCUT2D eigenvalue weighted by Gasteiger charge is 2.68. The minimum absolute atomic E-state index is 0.0251. The van der Waals surface area contributed by atoms with E-state index in [1.54, 1.807) is 0 Å². The Hall–Kier alpha value is -2.04. The number of nitrogens with zero attached hydrogens (tertiary/aromatic N) is 2. The van der Waals surface area contributed by atoms with Gasteiger partial charge in [0.2, 0.25) is 5.91 Å². The molecule has 2 bridgehead atoms. The number of rotatable bonds is 9. The Morgan fingerprint density at radius 1 is 1.26 bits per heavy atom. The molecule has 0 spiro atoms. The Morgan fingerprint density at radius 3 is 2.59 bits per heavy atom. The minimum atomic E-state index is -0.845. The predicted molar refractivity (Wildman–Crippen MR) is 127 cm³/mol. The molecule has 1 aromatic rings. The molecule has 9 nitrogen and oxygen atoms in total. The molecule has 4 fully saturated rings. The highest BCUT2D eigenvalue weighted by molar-refractivity contribution is 6.47. The van der Waals surface area contributed by atoms with Crippen LogP contribution in [0.25, 0.3) is 0 Å². The first kappa shape index (κ1) is 25.1. The third-order valence-electron chi connectivity index (χ3n) is 8.29. The van der Waals surface area contributed by atoms with Gasteiger partial charge in [-0.3, -0.25) is 14.6 Å². The van der Waals surface area contributed by atoms with Gasteiger partial charge in [0.05, 0.1) is 29.9 Å². The van der Waals surface area contributed by atoms with Crippen LogP contribution in [0.15, 0.2) is 12.4 Å². The largest absolute Gasteiger partial charge is 0.481 e. The number of ether oxygens (including phenoxy) is 1. The van der Waals surface area contributed by atoms with Crippen molar-refractivity contribution in [2.45, 2.75) is 77.4 Å². The first-order valence-corrected chi connectivity index (χ1v) is 12.2. The number of carbonyl (C=O) groups is 2. The Labute approximate surface area is 202 Å². The second-order valence-electron chi connectivity index (χ2n) is 11.2. The van der Waals surface area contributed by atoms with E-state index < -0.39 is 18.9 Å². The van der Waals surface area contributed by atoms with E-state index in [2.05, 4.69) is 49.9 Å². The van der Waals surface area contributed by atoms with E-state index in [1.807, 2.05) is 0 Å². The molecule has 3 N–H and O–H groups in total. The van der Waals surface area contributed by atoms with E-state index >= 15 is 0 Å². The molecule has 4 aliphatic rings. The lowest BCUT2D eigenvalue weighted by Crippen LogP contribution is -2.65. The molecule has 10 heteroatoms. The van der Waals surface area contributed by atoms with Gasteiger partial charge in [0.15, 0.2) is 0 Å². The number of hydrogen-bond acceptors (Lipinski definition) is 7. The number of aromatic nitrogens is 2. The summed E-state index contributed by atoms with van der Waals surface area (Å²) in [6, 6.07) is 0. The number of amides is 2. The van der Waals surface area contributed by atoms with Crippen molar-refractivity contribution in [3.05, 3.63) is 23.8 Å². The molecule has 5 rings (SSSR count). The molecule has 6 atom stereocenters. The molecular formula is C24H37BN4O5. The van der Waals surface area contributed by atoms with Gasteiger partial charge in [0.1, 0.15) is 11.6 Å². The second-order valence-corrected chi connectivity index (χ2v) is 11.2. The standard InChI is InChI=1S/C24H37BN4O5/c1-13(2)9-18(25-33-17-11-14-10-16(23(14,3)4)24(17,5)34-25)29-22(31)15(12-32-6)19-20(21(26)30)28-8-7-27-19/h7-8,13-18H,9-12H2,1-6H3,(H2,26,30)(H,29,31)/t14-,15-,16-,17+,18-,24-/m0/s1. The number of primary amides is 1. The predicted octanol–water partition coefficient (Wildman–Crippen LogP) is 2.10. The van der Waals surface area contributed by atoms with Crippen molar-refractivity contribution in [1.82, 2.24) is 15.3 Å². The van der Waals surface area contributed by atoms with E-state index in [0.717, 1.165) is 12.8 Å². The van der Waals surface area contributed by atoms with Gasteiger partial charge in [0.25, 0.3) is 5.91 Å². The maximum absolute atomic E-state index is 13.5.